The third-order valence-electron chi connectivity index (χ3n) is 4.67. The third kappa shape index (κ3) is 4.96. The van der Waals surface area contributed by atoms with Crippen molar-refractivity contribution in [3.63, 3.8) is 0 Å². The normalized spacial score (nSPS) is 14.2. The van der Waals surface area contributed by atoms with Gasteiger partial charge in [-0.15, -0.1) is 11.3 Å². The molecule has 1 amide bonds. The number of carbonyl (C=O) groups excluding carboxylic acids is 2. The fourth-order valence-corrected chi connectivity index (χ4v) is 5.03. The first-order valence-electron chi connectivity index (χ1n) is 9.16. The minimum absolute atomic E-state index is 0.328. The van der Waals surface area contributed by atoms with E-state index in [1.807, 2.05) is 0 Å². The van der Waals surface area contributed by atoms with Crippen molar-refractivity contribution in [3.8, 4) is 0 Å². The van der Waals surface area contributed by atoms with Crippen molar-refractivity contribution in [3.05, 3.63) is 55.9 Å². The van der Waals surface area contributed by atoms with Crippen LogP contribution in [-0.4, -0.2) is 19.0 Å². The van der Waals surface area contributed by atoms with Crippen molar-refractivity contribution in [2.45, 2.75) is 38.5 Å². The SMILES string of the molecule is COC(=O)c1c(NC(=O)/C=C/c2ccc(Cl)cc2Cl)sc2c1CCCCCC2. The molecule has 0 saturated carbocycles. The van der Waals surface area contributed by atoms with Crippen LogP contribution in [0.15, 0.2) is 24.3 Å². The maximum atomic E-state index is 12.5. The van der Waals surface area contributed by atoms with Gasteiger partial charge in [-0.05, 0) is 55.0 Å². The smallest absolute Gasteiger partial charge is 0.341 e. The predicted octanol–water partition coefficient (Wildman–Crippen LogP) is 6.15. The Morgan fingerprint density at radius 2 is 1.89 bits per heavy atom. The lowest BCUT2D eigenvalue weighted by atomic mass is 9.96. The molecule has 1 aliphatic carbocycles. The van der Waals surface area contributed by atoms with Gasteiger partial charge >= 0.3 is 5.97 Å². The quantitative estimate of drug-likeness (QED) is 0.460. The van der Waals surface area contributed by atoms with Crippen molar-refractivity contribution in [2.24, 2.45) is 0 Å². The highest BCUT2D eigenvalue weighted by atomic mass is 35.5. The minimum atomic E-state index is -0.405. The van der Waals surface area contributed by atoms with Gasteiger partial charge < -0.3 is 10.1 Å². The molecule has 0 saturated heterocycles. The second-order valence-corrected chi connectivity index (χ2v) is 8.55. The molecule has 3 rings (SSSR count). The lowest BCUT2D eigenvalue weighted by Crippen LogP contribution is -2.12. The number of anilines is 1. The molecule has 7 heteroatoms. The van der Waals surface area contributed by atoms with Crippen LogP contribution >= 0.6 is 34.5 Å². The summed E-state index contributed by atoms with van der Waals surface area (Å²) in [6, 6.07) is 5.07. The molecule has 0 fully saturated rings. The first-order chi connectivity index (χ1) is 13.5. The Morgan fingerprint density at radius 1 is 1.14 bits per heavy atom. The number of carbonyl (C=O) groups is 2. The van der Waals surface area contributed by atoms with E-state index in [2.05, 4.69) is 5.32 Å². The summed E-state index contributed by atoms with van der Waals surface area (Å²) in [7, 11) is 1.36. The fraction of sp³-hybridized carbons (Fsp3) is 0.333. The van der Waals surface area contributed by atoms with Crippen molar-refractivity contribution in [1.29, 1.82) is 0 Å². The predicted molar refractivity (Wildman–Crippen MR) is 116 cm³/mol. The molecule has 0 atom stereocenters. The number of ether oxygens (including phenoxy) is 1. The molecule has 0 spiro atoms. The maximum Gasteiger partial charge on any atom is 0.341 e. The van der Waals surface area contributed by atoms with Gasteiger partial charge in [0.1, 0.15) is 5.00 Å². The summed E-state index contributed by atoms with van der Waals surface area (Å²) in [5.41, 5.74) is 2.21. The summed E-state index contributed by atoms with van der Waals surface area (Å²) >= 11 is 13.5. The maximum absolute atomic E-state index is 12.5. The molecule has 1 aliphatic rings. The summed E-state index contributed by atoms with van der Waals surface area (Å²) < 4.78 is 4.98. The highest BCUT2D eigenvalue weighted by Crippen LogP contribution is 2.37. The van der Waals surface area contributed by atoms with Crippen LogP contribution in [0.5, 0.6) is 0 Å². The highest BCUT2D eigenvalue weighted by Gasteiger charge is 2.25. The fourth-order valence-electron chi connectivity index (χ4n) is 3.28. The van der Waals surface area contributed by atoms with E-state index >= 15 is 0 Å². The summed E-state index contributed by atoms with van der Waals surface area (Å²) in [5.74, 6) is -0.733. The molecule has 0 bridgehead atoms. The van der Waals surface area contributed by atoms with E-state index < -0.39 is 5.97 Å². The number of hydrogen-bond donors (Lipinski definition) is 1. The van der Waals surface area contributed by atoms with Gasteiger partial charge in [0.2, 0.25) is 5.91 Å². The molecular formula is C21H21Cl2NO3S. The van der Waals surface area contributed by atoms with Crippen LogP contribution in [0.4, 0.5) is 5.00 Å². The Kier molecular flexibility index (Phi) is 7.16. The summed E-state index contributed by atoms with van der Waals surface area (Å²) in [5, 5.41) is 4.40. The Hall–Kier alpha value is -1.82. The monoisotopic (exact) mass is 437 g/mol. The molecule has 1 N–H and O–H groups in total. The lowest BCUT2D eigenvalue weighted by Gasteiger charge is -2.10. The molecular weight excluding hydrogens is 417 g/mol. The Bertz CT molecular complexity index is 921. The molecule has 0 unspecified atom stereocenters. The molecule has 0 aliphatic heterocycles. The number of rotatable bonds is 4. The zero-order valence-corrected chi connectivity index (χ0v) is 17.8. The zero-order chi connectivity index (χ0) is 20.1. The van der Waals surface area contributed by atoms with Gasteiger partial charge in [-0.25, -0.2) is 4.79 Å². The highest BCUT2D eigenvalue weighted by molar-refractivity contribution is 7.17. The Morgan fingerprint density at radius 3 is 2.61 bits per heavy atom. The van der Waals surface area contributed by atoms with Crippen LogP contribution in [-0.2, 0) is 22.4 Å². The van der Waals surface area contributed by atoms with Gasteiger partial charge in [0.15, 0.2) is 0 Å². The summed E-state index contributed by atoms with van der Waals surface area (Å²) in [6.45, 7) is 0. The van der Waals surface area contributed by atoms with Crippen LogP contribution in [0.3, 0.4) is 0 Å². The number of esters is 1. The average molecular weight is 438 g/mol. The topological polar surface area (TPSA) is 55.4 Å². The van der Waals surface area contributed by atoms with Crippen LogP contribution in [0, 0.1) is 0 Å². The average Bonchev–Trinajstić information content (AvgIpc) is 2.96. The Balaban J connectivity index is 1.84. The van der Waals surface area contributed by atoms with E-state index in [9.17, 15) is 9.59 Å². The molecule has 148 valence electrons. The number of nitrogens with one attached hydrogen (secondary N) is 1. The van der Waals surface area contributed by atoms with Gasteiger partial charge in [0.25, 0.3) is 0 Å². The lowest BCUT2D eigenvalue weighted by molar-refractivity contribution is -0.111. The van der Waals surface area contributed by atoms with Gasteiger partial charge in [-0.3, -0.25) is 4.79 Å². The summed E-state index contributed by atoms with van der Waals surface area (Å²) in [6.07, 6.45) is 9.26. The van der Waals surface area contributed by atoms with E-state index in [1.165, 1.54) is 35.8 Å². The van der Waals surface area contributed by atoms with Crippen LogP contribution < -0.4 is 5.32 Å². The van der Waals surface area contributed by atoms with Crippen molar-refractivity contribution >= 4 is 57.5 Å². The molecule has 1 aromatic carbocycles. The minimum Gasteiger partial charge on any atom is -0.465 e. The van der Waals surface area contributed by atoms with Gasteiger partial charge in [-0.2, -0.15) is 0 Å². The number of aryl methyl sites for hydroxylation is 1. The Labute approximate surface area is 178 Å². The van der Waals surface area contributed by atoms with Gasteiger partial charge in [0, 0.05) is 21.0 Å². The molecule has 4 nitrogen and oxygen atoms in total. The van der Waals surface area contributed by atoms with E-state index in [-0.39, 0.29) is 5.91 Å². The van der Waals surface area contributed by atoms with E-state index in [4.69, 9.17) is 27.9 Å². The number of methoxy groups -OCH3 is 1. The number of amides is 1. The number of benzene rings is 1. The second kappa shape index (κ2) is 9.59. The number of halogens is 2. The standard InChI is InChI=1S/C21H21Cl2NO3S/c1-27-21(26)19-15-6-4-2-3-5-7-17(15)28-20(19)24-18(25)11-9-13-8-10-14(22)12-16(13)23/h8-12H,2-7H2,1H3,(H,24,25)/b11-9+. The van der Waals surface area contributed by atoms with Crippen molar-refractivity contribution in [1.82, 2.24) is 0 Å². The molecule has 28 heavy (non-hydrogen) atoms. The van der Waals surface area contributed by atoms with Crippen LogP contribution in [0.1, 0.15) is 52.0 Å². The van der Waals surface area contributed by atoms with Gasteiger partial charge in [0.05, 0.1) is 12.7 Å². The first kappa shape index (κ1) is 20.9. The molecule has 1 aromatic heterocycles. The largest absolute Gasteiger partial charge is 0.465 e. The van der Waals surface area contributed by atoms with Crippen molar-refractivity contribution in [2.75, 3.05) is 12.4 Å². The van der Waals surface area contributed by atoms with Crippen LogP contribution in [0.25, 0.3) is 6.08 Å². The van der Waals surface area contributed by atoms with E-state index in [1.54, 1.807) is 24.3 Å². The number of hydrogen-bond acceptors (Lipinski definition) is 4. The van der Waals surface area contributed by atoms with Crippen molar-refractivity contribution < 1.29 is 14.3 Å². The van der Waals surface area contributed by atoms with Crippen LogP contribution in [0.2, 0.25) is 10.0 Å². The molecule has 0 radical (unpaired) electrons. The third-order valence-corrected chi connectivity index (χ3v) is 6.44. The van der Waals surface area contributed by atoms with Gasteiger partial charge in [-0.1, -0.05) is 42.1 Å². The zero-order valence-electron chi connectivity index (χ0n) is 15.5. The number of fused-ring (bicyclic) bond motifs is 1. The van der Waals surface area contributed by atoms with E-state index in [0.717, 1.165) is 37.7 Å². The molecule has 1 heterocycles. The first-order valence-corrected chi connectivity index (χ1v) is 10.7. The molecule has 2 aromatic rings. The summed E-state index contributed by atoms with van der Waals surface area (Å²) in [4.78, 5) is 26.0. The van der Waals surface area contributed by atoms with E-state index in [0.29, 0.717) is 26.2 Å². The second-order valence-electron chi connectivity index (χ2n) is 6.60. The number of thiophene rings is 1.